The number of hydrogen-bond acceptors (Lipinski definition) is 6. The number of halogens is 1. The highest BCUT2D eigenvalue weighted by atomic mass is 79.9. The summed E-state index contributed by atoms with van der Waals surface area (Å²) in [6.45, 7) is 1.73. The van der Waals surface area contributed by atoms with Crippen LogP contribution in [0.5, 0.6) is 11.5 Å². The number of hydrazone groups is 1. The van der Waals surface area contributed by atoms with Crippen molar-refractivity contribution in [2.45, 2.75) is 6.92 Å². The van der Waals surface area contributed by atoms with Crippen LogP contribution >= 0.6 is 15.9 Å². The molecule has 0 aliphatic heterocycles. The third kappa shape index (κ3) is 3.64. The third-order valence-electron chi connectivity index (χ3n) is 2.76. The smallest absolute Gasteiger partial charge is 0.252 e. The maximum Gasteiger partial charge on any atom is 0.252 e. The summed E-state index contributed by atoms with van der Waals surface area (Å²) in [5, 5.41) is 4.05. The molecule has 0 atom stereocenters. The molecular weight excluding hydrogens is 352 g/mol. The van der Waals surface area contributed by atoms with Crippen molar-refractivity contribution >= 4 is 28.1 Å². The number of benzene rings is 1. The summed E-state index contributed by atoms with van der Waals surface area (Å²) in [7, 11) is 3.13. The number of aryl methyl sites for hydroxylation is 1. The Labute approximate surface area is 135 Å². The van der Waals surface area contributed by atoms with Crippen LogP contribution in [-0.2, 0) is 0 Å². The molecule has 0 radical (unpaired) electrons. The fraction of sp³-hybridized carbons (Fsp3) is 0.214. The first kappa shape index (κ1) is 16.0. The molecule has 116 valence electrons. The van der Waals surface area contributed by atoms with Gasteiger partial charge in [0.25, 0.3) is 5.56 Å². The van der Waals surface area contributed by atoms with Gasteiger partial charge >= 0.3 is 0 Å². The molecule has 1 aromatic heterocycles. The Morgan fingerprint density at radius 3 is 2.77 bits per heavy atom. The van der Waals surface area contributed by atoms with E-state index in [2.05, 4.69) is 36.4 Å². The molecule has 0 amide bonds. The van der Waals surface area contributed by atoms with Gasteiger partial charge in [-0.05, 0) is 35.0 Å². The highest BCUT2D eigenvalue weighted by molar-refractivity contribution is 9.10. The lowest BCUT2D eigenvalue weighted by Gasteiger charge is -2.10. The summed E-state index contributed by atoms with van der Waals surface area (Å²) >= 11 is 3.45. The zero-order valence-corrected chi connectivity index (χ0v) is 13.9. The topological polar surface area (TPSA) is 88.6 Å². The third-order valence-corrected chi connectivity index (χ3v) is 3.58. The minimum absolute atomic E-state index is 0.238. The molecule has 0 bridgehead atoms. The first-order chi connectivity index (χ1) is 10.5. The summed E-state index contributed by atoms with van der Waals surface area (Å²) < 4.78 is 11.2. The predicted octanol–water partition coefficient (Wildman–Crippen LogP) is 2.30. The number of hydrogen-bond donors (Lipinski definition) is 2. The molecule has 2 N–H and O–H groups in total. The van der Waals surface area contributed by atoms with Crippen LogP contribution in [0.15, 0.2) is 32.6 Å². The molecule has 7 nitrogen and oxygen atoms in total. The summed E-state index contributed by atoms with van der Waals surface area (Å²) in [5.74, 6) is 1.47. The predicted molar refractivity (Wildman–Crippen MR) is 88.1 cm³/mol. The molecular formula is C14H15BrN4O3. The number of aromatic amines is 1. The van der Waals surface area contributed by atoms with Gasteiger partial charge < -0.3 is 9.47 Å². The molecule has 0 saturated carbocycles. The largest absolute Gasteiger partial charge is 0.493 e. The maximum atomic E-state index is 11.3. The molecule has 1 aromatic carbocycles. The Morgan fingerprint density at radius 2 is 2.14 bits per heavy atom. The van der Waals surface area contributed by atoms with E-state index in [0.717, 1.165) is 5.56 Å². The highest BCUT2D eigenvalue weighted by Crippen LogP contribution is 2.36. The van der Waals surface area contributed by atoms with E-state index in [1.165, 1.54) is 6.07 Å². The number of anilines is 1. The molecule has 2 rings (SSSR count). The van der Waals surface area contributed by atoms with Gasteiger partial charge in [-0.3, -0.25) is 9.78 Å². The Kier molecular flexibility index (Phi) is 5.16. The van der Waals surface area contributed by atoms with Crippen molar-refractivity contribution in [2.75, 3.05) is 19.6 Å². The number of nitrogens with one attached hydrogen (secondary N) is 2. The van der Waals surface area contributed by atoms with Crippen LogP contribution in [-0.4, -0.2) is 30.4 Å². The lowest BCUT2D eigenvalue weighted by atomic mass is 10.2. The van der Waals surface area contributed by atoms with Gasteiger partial charge in [0.2, 0.25) is 5.95 Å². The van der Waals surface area contributed by atoms with E-state index in [0.29, 0.717) is 21.7 Å². The summed E-state index contributed by atoms with van der Waals surface area (Å²) in [4.78, 5) is 18.0. The number of methoxy groups -OCH3 is 2. The molecule has 8 heteroatoms. The fourth-order valence-electron chi connectivity index (χ4n) is 1.80. The number of ether oxygens (including phenoxy) is 2. The monoisotopic (exact) mass is 366 g/mol. The SMILES string of the molecule is COc1ccc(/C=N\Nc2nc(C)cc(=O)[nH]2)c(Br)c1OC. The van der Waals surface area contributed by atoms with Crippen molar-refractivity contribution in [2.24, 2.45) is 5.10 Å². The lowest BCUT2D eigenvalue weighted by Crippen LogP contribution is -2.10. The Bertz CT molecular complexity index is 758. The lowest BCUT2D eigenvalue weighted by molar-refractivity contribution is 0.353. The second-order valence-corrected chi connectivity index (χ2v) is 5.10. The van der Waals surface area contributed by atoms with Crippen molar-refractivity contribution in [1.82, 2.24) is 9.97 Å². The highest BCUT2D eigenvalue weighted by Gasteiger charge is 2.11. The van der Waals surface area contributed by atoms with Crippen molar-refractivity contribution in [3.05, 3.63) is 44.3 Å². The first-order valence-electron chi connectivity index (χ1n) is 6.32. The Hall–Kier alpha value is -2.35. The van der Waals surface area contributed by atoms with Crippen LogP contribution in [0.25, 0.3) is 0 Å². The van der Waals surface area contributed by atoms with Gasteiger partial charge in [0.05, 0.1) is 24.9 Å². The van der Waals surface area contributed by atoms with Crippen molar-refractivity contribution in [1.29, 1.82) is 0 Å². The van der Waals surface area contributed by atoms with Crippen LogP contribution in [0.4, 0.5) is 5.95 Å². The number of nitrogens with zero attached hydrogens (tertiary/aromatic N) is 2. The Balaban J connectivity index is 2.21. The minimum atomic E-state index is -0.238. The molecule has 0 saturated heterocycles. The second kappa shape index (κ2) is 7.08. The summed E-state index contributed by atoms with van der Waals surface area (Å²) in [6, 6.07) is 5.00. The zero-order valence-electron chi connectivity index (χ0n) is 12.3. The van der Waals surface area contributed by atoms with Crippen LogP contribution in [0.3, 0.4) is 0 Å². The number of H-pyrrole nitrogens is 1. The molecule has 0 spiro atoms. The van der Waals surface area contributed by atoms with Gasteiger partial charge in [-0.2, -0.15) is 5.10 Å². The zero-order chi connectivity index (χ0) is 16.1. The van der Waals surface area contributed by atoms with E-state index < -0.39 is 0 Å². The normalized spacial score (nSPS) is 10.7. The van der Waals surface area contributed by atoms with Gasteiger partial charge in [-0.15, -0.1) is 0 Å². The molecule has 0 aliphatic rings. The van der Waals surface area contributed by atoms with Gasteiger partial charge in [0, 0.05) is 17.3 Å². The number of aromatic nitrogens is 2. The molecule has 0 unspecified atom stereocenters. The average molecular weight is 367 g/mol. The second-order valence-electron chi connectivity index (χ2n) is 4.31. The van der Waals surface area contributed by atoms with Gasteiger partial charge in [0.15, 0.2) is 11.5 Å². The van der Waals surface area contributed by atoms with Crippen LogP contribution in [0, 0.1) is 6.92 Å². The molecule has 0 aliphatic carbocycles. The molecule has 2 aromatic rings. The summed E-state index contributed by atoms with van der Waals surface area (Å²) in [6.07, 6.45) is 1.58. The van der Waals surface area contributed by atoms with Crippen molar-refractivity contribution < 1.29 is 9.47 Å². The maximum absolute atomic E-state index is 11.3. The van der Waals surface area contributed by atoms with Crippen molar-refractivity contribution in [3.63, 3.8) is 0 Å². The quantitative estimate of drug-likeness (QED) is 0.625. The average Bonchev–Trinajstić information content (AvgIpc) is 2.47. The standard InChI is InChI=1S/C14H15BrN4O3/c1-8-6-11(20)18-14(17-8)19-16-7-9-4-5-10(21-2)13(22-3)12(9)15/h4-7H,1-3H3,(H2,17,18,19,20)/b16-7-. The van der Waals surface area contributed by atoms with Gasteiger partial charge in [-0.25, -0.2) is 10.4 Å². The van der Waals surface area contributed by atoms with E-state index in [1.54, 1.807) is 33.4 Å². The first-order valence-corrected chi connectivity index (χ1v) is 7.12. The minimum Gasteiger partial charge on any atom is -0.493 e. The summed E-state index contributed by atoms with van der Waals surface area (Å²) in [5.41, 5.74) is 3.82. The number of rotatable bonds is 5. The van der Waals surface area contributed by atoms with E-state index in [9.17, 15) is 4.79 Å². The van der Waals surface area contributed by atoms with E-state index in [4.69, 9.17) is 9.47 Å². The Morgan fingerprint density at radius 1 is 1.36 bits per heavy atom. The molecule has 1 heterocycles. The van der Waals surface area contributed by atoms with Crippen LogP contribution in [0.2, 0.25) is 0 Å². The van der Waals surface area contributed by atoms with Crippen LogP contribution < -0.4 is 20.5 Å². The van der Waals surface area contributed by atoms with E-state index in [1.807, 2.05) is 6.07 Å². The van der Waals surface area contributed by atoms with Gasteiger partial charge in [0.1, 0.15) is 0 Å². The van der Waals surface area contributed by atoms with E-state index >= 15 is 0 Å². The molecule has 22 heavy (non-hydrogen) atoms. The van der Waals surface area contributed by atoms with E-state index in [-0.39, 0.29) is 11.5 Å². The van der Waals surface area contributed by atoms with Gasteiger partial charge in [-0.1, -0.05) is 0 Å². The van der Waals surface area contributed by atoms with Crippen LogP contribution in [0.1, 0.15) is 11.3 Å². The van der Waals surface area contributed by atoms with Crippen molar-refractivity contribution in [3.8, 4) is 11.5 Å². The molecule has 0 fully saturated rings. The fourth-order valence-corrected chi connectivity index (χ4v) is 2.39.